The number of H-pyrrole nitrogens is 1. The highest BCUT2D eigenvalue weighted by Gasteiger charge is 2.57. The van der Waals surface area contributed by atoms with Crippen molar-refractivity contribution in [1.29, 1.82) is 0 Å². The van der Waals surface area contributed by atoms with Crippen LogP contribution in [0.15, 0.2) is 0 Å². The summed E-state index contributed by atoms with van der Waals surface area (Å²) in [6, 6.07) is 0. The summed E-state index contributed by atoms with van der Waals surface area (Å²) in [6.07, 6.45) is 0.843. The van der Waals surface area contributed by atoms with Crippen LogP contribution in [0.4, 0.5) is 0 Å². The summed E-state index contributed by atoms with van der Waals surface area (Å²) in [6.45, 7) is 2.37. The zero-order valence-corrected chi connectivity index (χ0v) is 9.06. The number of carbonyl (C=O) groups excluding carboxylic acids is 1. The molecule has 2 N–H and O–H groups in total. The molecule has 0 aliphatic heterocycles. The molecule has 0 saturated heterocycles. The second kappa shape index (κ2) is 3.31. The molecule has 1 heterocycles. The molecule has 0 bridgehead atoms. The Hall–Kier alpha value is -1.36. The lowest BCUT2D eigenvalue weighted by atomic mass is 10.1. The first kappa shape index (κ1) is 9.84. The molecule has 3 rings (SSSR count). The number of hydrogen-bond acceptors (Lipinski definition) is 4. The third-order valence-corrected chi connectivity index (χ3v) is 3.68. The van der Waals surface area contributed by atoms with Crippen LogP contribution in [-0.2, 0) is 11.2 Å². The van der Waals surface area contributed by atoms with Gasteiger partial charge >= 0.3 is 5.97 Å². The molecule has 5 heteroatoms. The van der Waals surface area contributed by atoms with E-state index >= 15 is 0 Å². The van der Waals surface area contributed by atoms with E-state index in [1.54, 1.807) is 6.92 Å². The van der Waals surface area contributed by atoms with E-state index < -0.39 is 0 Å². The molecule has 1 saturated carbocycles. The van der Waals surface area contributed by atoms with Crippen LogP contribution < -0.4 is 0 Å². The van der Waals surface area contributed by atoms with Gasteiger partial charge in [-0.25, -0.2) is 4.79 Å². The van der Waals surface area contributed by atoms with Gasteiger partial charge in [0.15, 0.2) is 5.69 Å². The third-order valence-electron chi connectivity index (χ3n) is 3.68. The second-order valence-corrected chi connectivity index (χ2v) is 4.43. The van der Waals surface area contributed by atoms with E-state index in [2.05, 4.69) is 10.2 Å². The van der Waals surface area contributed by atoms with Crippen molar-refractivity contribution in [3.63, 3.8) is 0 Å². The van der Waals surface area contributed by atoms with Gasteiger partial charge in [0.2, 0.25) is 0 Å². The predicted octanol–water partition coefficient (Wildman–Crippen LogP) is 0.464. The van der Waals surface area contributed by atoms with Gasteiger partial charge in [-0.3, -0.25) is 5.10 Å². The van der Waals surface area contributed by atoms with Crippen LogP contribution in [-0.4, -0.2) is 34.5 Å². The maximum Gasteiger partial charge on any atom is 0.359 e. The van der Waals surface area contributed by atoms with Crippen LogP contribution in [0.25, 0.3) is 0 Å². The molecule has 1 aromatic rings. The molecule has 1 fully saturated rings. The highest BCUT2D eigenvalue weighted by atomic mass is 16.5. The fourth-order valence-corrected chi connectivity index (χ4v) is 2.87. The van der Waals surface area contributed by atoms with Crippen molar-refractivity contribution in [2.45, 2.75) is 19.3 Å². The van der Waals surface area contributed by atoms with E-state index in [1.807, 2.05) is 0 Å². The van der Waals surface area contributed by atoms with Gasteiger partial charge in [0, 0.05) is 23.8 Å². The van der Waals surface area contributed by atoms with Crippen LogP contribution in [0, 0.1) is 11.8 Å². The van der Waals surface area contributed by atoms with Gasteiger partial charge in [0.25, 0.3) is 0 Å². The lowest BCUT2D eigenvalue weighted by Crippen LogP contribution is -2.08. The third kappa shape index (κ3) is 1.15. The summed E-state index contributed by atoms with van der Waals surface area (Å²) < 4.78 is 4.94. The molecular formula is C11H14N2O3. The van der Waals surface area contributed by atoms with Crippen LogP contribution in [0.2, 0.25) is 0 Å². The fourth-order valence-electron chi connectivity index (χ4n) is 2.87. The Bertz CT molecular complexity index is 440. The molecule has 86 valence electrons. The minimum Gasteiger partial charge on any atom is -0.461 e. The summed E-state index contributed by atoms with van der Waals surface area (Å²) in [5.74, 6) is 0.906. The number of hydrogen-bond donors (Lipinski definition) is 2. The van der Waals surface area contributed by atoms with E-state index in [4.69, 9.17) is 9.84 Å². The van der Waals surface area contributed by atoms with Gasteiger partial charge in [0.1, 0.15) is 0 Å². The number of esters is 1. The van der Waals surface area contributed by atoms with Crippen LogP contribution in [0.3, 0.4) is 0 Å². The first-order valence-corrected chi connectivity index (χ1v) is 5.63. The molecule has 5 nitrogen and oxygen atoms in total. The number of nitrogens with one attached hydrogen (secondary N) is 1. The number of nitrogens with zero attached hydrogens (tertiary/aromatic N) is 1. The molecule has 0 amide bonds. The average molecular weight is 222 g/mol. The molecule has 3 atom stereocenters. The summed E-state index contributed by atoms with van der Waals surface area (Å²) in [7, 11) is 0. The molecule has 0 spiro atoms. The van der Waals surface area contributed by atoms with Crippen LogP contribution in [0.5, 0.6) is 0 Å². The molecule has 2 aliphatic rings. The smallest absolute Gasteiger partial charge is 0.359 e. The van der Waals surface area contributed by atoms with E-state index in [0.717, 1.165) is 17.7 Å². The first-order valence-electron chi connectivity index (χ1n) is 5.63. The van der Waals surface area contributed by atoms with Crippen LogP contribution >= 0.6 is 0 Å². The lowest BCUT2D eigenvalue weighted by Gasteiger charge is -2.02. The molecule has 1 aromatic heterocycles. The standard InChI is InChI=1S/C11H14N2O3/c1-2-16-11(15)10-6-3-5-7(4-14)8(5)9(6)12-13-10/h5,7-8,14H,2-4H2,1H3,(H,12,13). The summed E-state index contributed by atoms with van der Waals surface area (Å²) in [4.78, 5) is 11.6. The Morgan fingerprint density at radius 2 is 2.50 bits per heavy atom. The van der Waals surface area contributed by atoms with Crippen molar-refractivity contribution in [3.8, 4) is 0 Å². The maximum absolute atomic E-state index is 11.6. The number of ether oxygens (including phenoxy) is 1. The zero-order valence-electron chi connectivity index (χ0n) is 9.06. The number of rotatable bonds is 3. The Morgan fingerprint density at radius 3 is 3.19 bits per heavy atom. The molecule has 0 aromatic carbocycles. The number of aliphatic hydroxyl groups is 1. The van der Waals surface area contributed by atoms with Gasteiger partial charge < -0.3 is 9.84 Å². The van der Waals surface area contributed by atoms with E-state index in [0.29, 0.717) is 30.1 Å². The summed E-state index contributed by atoms with van der Waals surface area (Å²) >= 11 is 0. The van der Waals surface area contributed by atoms with Crippen molar-refractivity contribution in [2.75, 3.05) is 13.2 Å². The predicted molar refractivity (Wildman–Crippen MR) is 55.1 cm³/mol. The maximum atomic E-state index is 11.6. The van der Waals surface area contributed by atoms with Gasteiger partial charge in [-0.2, -0.15) is 5.10 Å². The molecule has 16 heavy (non-hydrogen) atoms. The minimum absolute atomic E-state index is 0.225. The molecule has 2 aliphatic carbocycles. The van der Waals surface area contributed by atoms with Crippen molar-refractivity contribution < 1.29 is 14.6 Å². The van der Waals surface area contributed by atoms with Gasteiger partial charge in [-0.05, 0) is 25.2 Å². The van der Waals surface area contributed by atoms with Gasteiger partial charge in [-0.15, -0.1) is 0 Å². The Morgan fingerprint density at radius 1 is 1.69 bits per heavy atom. The van der Waals surface area contributed by atoms with Crippen molar-refractivity contribution in [3.05, 3.63) is 17.0 Å². The average Bonchev–Trinajstić information content (AvgIpc) is 2.64. The summed E-state index contributed by atoms with van der Waals surface area (Å²) in [5, 5.41) is 16.1. The van der Waals surface area contributed by atoms with Crippen molar-refractivity contribution in [2.24, 2.45) is 11.8 Å². The minimum atomic E-state index is -0.346. The number of aliphatic hydroxyl groups excluding tert-OH is 1. The second-order valence-electron chi connectivity index (χ2n) is 4.43. The fraction of sp³-hybridized carbons (Fsp3) is 0.636. The quantitative estimate of drug-likeness (QED) is 0.729. The zero-order chi connectivity index (χ0) is 11.3. The van der Waals surface area contributed by atoms with Crippen molar-refractivity contribution in [1.82, 2.24) is 10.2 Å². The van der Waals surface area contributed by atoms with Gasteiger partial charge in [0.05, 0.1) is 6.61 Å². The molecular weight excluding hydrogens is 208 g/mol. The lowest BCUT2D eigenvalue weighted by molar-refractivity contribution is 0.0518. The topological polar surface area (TPSA) is 75.2 Å². The first-order chi connectivity index (χ1) is 7.77. The van der Waals surface area contributed by atoms with Crippen molar-refractivity contribution >= 4 is 5.97 Å². The number of aromatic nitrogens is 2. The molecule has 3 unspecified atom stereocenters. The van der Waals surface area contributed by atoms with E-state index in [-0.39, 0.29) is 12.6 Å². The summed E-state index contributed by atoms with van der Waals surface area (Å²) in [5.41, 5.74) is 2.46. The van der Waals surface area contributed by atoms with Gasteiger partial charge in [-0.1, -0.05) is 0 Å². The Labute approximate surface area is 92.8 Å². The highest BCUT2D eigenvalue weighted by Crippen LogP contribution is 2.60. The number of fused-ring (bicyclic) bond motifs is 3. The van der Waals surface area contributed by atoms with E-state index in [9.17, 15) is 4.79 Å². The molecule has 0 radical (unpaired) electrons. The Kier molecular flexibility index (Phi) is 2.04. The Balaban J connectivity index is 1.86. The normalized spacial score (nSPS) is 29.8. The highest BCUT2D eigenvalue weighted by molar-refractivity contribution is 5.89. The largest absolute Gasteiger partial charge is 0.461 e. The number of carbonyl (C=O) groups is 1. The SMILES string of the molecule is CCOC(=O)c1n[nH]c2c1CC1C(CO)C21. The van der Waals surface area contributed by atoms with Crippen LogP contribution in [0.1, 0.15) is 34.6 Å². The monoisotopic (exact) mass is 222 g/mol. The number of aromatic amines is 1. The van der Waals surface area contributed by atoms with E-state index in [1.165, 1.54) is 0 Å².